The molecule has 0 spiro atoms. The van der Waals surface area contributed by atoms with Crippen LogP contribution in [-0.4, -0.2) is 10.9 Å². The van der Waals surface area contributed by atoms with Gasteiger partial charge in [-0.25, -0.2) is 0 Å². The van der Waals surface area contributed by atoms with Crippen LogP contribution in [0, 0.1) is 0 Å². The zero-order valence-electron chi connectivity index (χ0n) is 11.8. The predicted octanol–water partition coefficient (Wildman–Crippen LogP) is 4.48. The Morgan fingerprint density at radius 2 is 1.86 bits per heavy atom. The Bertz CT molecular complexity index is 903. The fourth-order valence-electron chi connectivity index (χ4n) is 3.22. The highest BCUT2D eigenvalue weighted by Crippen LogP contribution is 2.48. The van der Waals surface area contributed by atoms with Gasteiger partial charge in [-0.05, 0) is 29.8 Å². The lowest BCUT2D eigenvalue weighted by molar-refractivity contribution is 0.103. The third kappa shape index (κ3) is 1.55. The van der Waals surface area contributed by atoms with Gasteiger partial charge >= 0.3 is 0 Å². The average Bonchev–Trinajstić information content (AvgIpc) is 2.86. The minimum absolute atomic E-state index is 0.0665. The normalized spacial score (nSPS) is 15.8. The summed E-state index contributed by atoms with van der Waals surface area (Å²) in [5.74, 6) is 0.274. The SMILES string of the molecule is CC1(C)c2cc(O)ccc2C(=O)c2c1sc1ccccc21. The quantitative estimate of drug-likeness (QED) is 0.664. The topological polar surface area (TPSA) is 37.3 Å². The van der Waals surface area contributed by atoms with Gasteiger partial charge in [-0.3, -0.25) is 4.79 Å². The number of rotatable bonds is 0. The van der Waals surface area contributed by atoms with Crippen LogP contribution in [0.25, 0.3) is 10.1 Å². The molecule has 0 fully saturated rings. The predicted molar refractivity (Wildman–Crippen MR) is 85.5 cm³/mol. The molecule has 0 amide bonds. The number of hydrogen-bond donors (Lipinski definition) is 1. The number of carbonyl (C=O) groups excluding carboxylic acids is 1. The summed E-state index contributed by atoms with van der Waals surface area (Å²) in [5, 5.41) is 10.8. The molecule has 0 unspecified atom stereocenters. The molecule has 1 aliphatic rings. The van der Waals surface area contributed by atoms with E-state index in [-0.39, 0.29) is 16.9 Å². The molecule has 1 N–H and O–H groups in total. The molecule has 1 heterocycles. The van der Waals surface area contributed by atoms with Gasteiger partial charge in [-0.1, -0.05) is 32.0 Å². The zero-order chi connectivity index (χ0) is 14.8. The van der Waals surface area contributed by atoms with Gasteiger partial charge in [0.15, 0.2) is 5.78 Å². The van der Waals surface area contributed by atoms with E-state index in [4.69, 9.17) is 0 Å². The summed E-state index contributed by atoms with van der Waals surface area (Å²) in [7, 11) is 0. The third-order valence-corrected chi connectivity index (χ3v) is 5.81. The molecule has 1 aliphatic carbocycles. The van der Waals surface area contributed by atoms with Crippen LogP contribution < -0.4 is 0 Å². The van der Waals surface area contributed by atoms with Gasteiger partial charge in [0.05, 0.1) is 0 Å². The number of hydrogen-bond acceptors (Lipinski definition) is 3. The number of phenols is 1. The molecule has 21 heavy (non-hydrogen) atoms. The minimum Gasteiger partial charge on any atom is -0.508 e. The van der Waals surface area contributed by atoms with E-state index in [1.165, 1.54) is 0 Å². The van der Waals surface area contributed by atoms with Gasteiger partial charge in [0.1, 0.15) is 5.75 Å². The van der Waals surface area contributed by atoms with E-state index in [9.17, 15) is 9.90 Å². The van der Waals surface area contributed by atoms with Crippen LogP contribution in [0.15, 0.2) is 42.5 Å². The van der Waals surface area contributed by atoms with Crippen LogP contribution in [0.5, 0.6) is 5.75 Å². The second-order valence-corrected chi connectivity index (χ2v) is 7.04. The molecule has 0 radical (unpaired) electrons. The highest BCUT2D eigenvalue weighted by molar-refractivity contribution is 7.19. The lowest BCUT2D eigenvalue weighted by Gasteiger charge is -2.31. The van der Waals surface area contributed by atoms with Crippen molar-refractivity contribution in [3.05, 3.63) is 64.0 Å². The molecule has 0 bridgehead atoms. The van der Waals surface area contributed by atoms with E-state index in [1.54, 1.807) is 29.5 Å². The van der Waals surface area contributed by atoms with Crippen LogP contribution in [0.4, 0.5) is 0 Å². The Hall–Kier alpha value is -2.13. The zero-order valence-corrected chi connectivity index (χ0v) is 12.6. The Balaban J connectivity index is 2.14. The first-order chi connectivity index (χ1) is 10.00. The average molecular weight is 294 g/mol. The van der Waals surface area contributed by atoms with Crippen molar-refractivity contribution in [1.29, 1.82) is 0 Å². The maximum absolute atomic E-state index is 12.9. The highest BCUT2D eigenvalue weighted by atomic mass is 32.1. The molecule has 2 aromatic carbocycles. The molecule has 104 valence electrons. The van der Waals surface area contributed by atoms with Crippen LogP contribution in [0.1, 0.15) is 40.2 Å². The minimum atomic E-state index is -0.277. The van der Waals surface area contributed by atoms with Crippen molar-refractivity contribution in [2.75, 3.05) is 0 Å². The lowest BCUT2D eigenvalue weighted by atomic mass is 9.72. The van der Waals surface area contributed by atoms with E-state index < -0.39 is 0 Å². The molecule has 3 aromatic rings. The standard InChI is InChI=1S/C18H14O2S/c1-18(2)13-9-10(19)7-8-11(13)16(20)15-12-5-3-4-6-14(12)21-17(15)18/h3-9,19H,1-2H3. The summed E-state index contributed by atoms with van der Waals surface area (Å²) in [4.78, 5) is 14.0. The summed E-state index contributed by atoms with van der Waals surface area (Å²) < 4.78 is 1.14. The summed E-state index contributed by atoms with van der Waals surface area (Å²) in [5.41, 5.74) is 2.17. The lowest BCUT2D eigenvalue weighted by Crippen LogP contribution is -2.28. The van der Waals surface area contributed by atoms with Crippen molar-refractivity contribution < 1.29 is 9.90 Å². The highest BCUT2D eigenvalue weighted by Gasteiger charge is 2.39. The van der Waals surface area contributed by atoms with Crippen LogP contribution in [-0.2, 0) is 5.41 Å². The van der Waals surface area contributed by atoms with E-state index in [0.717, 1.165) is 26.1 Å². The molecule has 3 heteroatoms. The van der Waals surface area contributed by atoms with Crippen LogP contribution in [0.3, 0.4) is 0 Å². The number of carbonyl (C=O) groups is 1. The number of thiophene rings is 1. The second-order valence-electron chi connectivity index (χ2n) is 5.99. The van der Waals surface area contributed by atoms with Crippen molar-refractivity contribution >= 4 is 27.2 Å². The van der Waals surface area contributed by atoms with Gasteiger partial charge < -0.3 is 5.11 Å². The monoisotopic (exact) mass is 294 g/mol. The summed E-state index contributed by atoms with van der Waals surface area (Å²) >= 11 is 1.68. The number of fused-ring (bicyclic) bond motifs is 4. The first-order valence-electron chi connectivity index (χ1n) is 6.90. The van der Waals surface area contributed by atoms with Crippen molar-refractivity contribution in [2.45, 2.75) is 19.3 Å². The molecular weight excluding hydrogens is 280 g/mol. The first kappa shape index (κ1) is 12.6. The van der Waals surface area contributed by atoms with Crippen LogP contribution in [0.2, 0.25) is 0 Å². The second kappa shape index (κ2) is 3.95. The number of phenolic OH excluding ortho intramolecular Hbond substituents is 1. The summed E-state index contributed by atoms with van der Waals surface area (Å²) in [6.07, 6.45) is 0. The van der Waals surface area contributed by atoms with Gasteiger partial charge in [0.25, 0.3) is 0 Å². The molecule has 2 nitrogen and oxygen atoms in total. The molecular formula is C18H14O2S. The van der Waals surface area contributed by atoms with Gasteiger partial charge in [0, 0.05) is 31.5 Å². The van der Waals surface area contributed by atoms with E-state index in [0.29, 0.717) is 5.56 Å². The fourth-order valence-corrected chi connectivity index (χ4v) is 4.53. The van der Waals surface area contributed by atoms with E-state index >= 15 is 0 Å². The Kier molecular flexibility index (Phi) is 2.37. The van der Waals surface area contributed by atoms with Crippen molar-refractivity contribution in [3.8, 4) is 5.75 Å². The van der Waals surface area contributed by atoms with Crippen molar-refractivity contribution in [3.63, 3.8) is 0 Å². The number of aromatic hydroxyl groups is 1. The largest absolute Gasteiger partial charge is 0.508 e. The number of ketones is 1. The summed E-state index contributed by atoms with van der Waals surface area (Å²) in [6, 6.07) is 13.1. The molecule has 0 saturated heterocycles. The smallest absolute Gasteiger partial charge is 0.195 e. The fraction of sp³-hybridized carbons (Fsp3) is 0.167. The van der Waals surface area contributed by atoms with Crippen molar-refractivity contribution in [2.24, 2.45) is 0 Å². The Morgan fingerprint density at radius 3 is 2.67 bits per heavy atom. The molecule has 4 rings (SSSR count). The maximum Gasteiger partial charge on any atom is 0.195 e. The van der Waals surface area contributed by atoms with E-state index in [2.05, 4.69) is 19.9 Å². The molecule has 0 saturated carbocycles. The summed E-state index contributed by atoms with van der Waals surface area (Å²) in [6.45, 7) is 4.23. The first-order valence-corrected chi connectivity index (χ1v) is 7.72. The Labute approximate surface area is 126 Å². The third-order valence-electron chi connectivity index (χ3n) is 4.31. The van der Waals surface area contributed by atoms with Crippen molar-refractivity contribution in [1.82, 2.24) is 0 Å². The molecule has 0 aliphatic heterocycles. The number of benzene rings is 2. The van der Waals surface area contributed by atoms with E-state index in [1.807, 2.05) is 18.2 Å². The van der Waals surface area contributed by atoms with Gasteiger partial charge in [-0.15, -0.1) is 11.3 Å². The maximum atomic E-state index is 12.9. The van der Waals surface area contributed by atoms with Gasteiger partial charge in [-0.2, -0.15) is 0 Å². The Morgan fingerprint density at radius 1 is 1.10 bits per heavy atom. The molecule has 1 aromatic heterocycles. The van der Waals surface area contributed by atoms with Gasteiger partial charge in [0.2, 0.25) is 0 Å². The molecule has 0 atom stereocenters. The van der Waals surface area contributed by atoms with Crippen LogP contribution >= 0.6 is 11.3 Å².